The van der Waals surface area contributed by atoms with E-state index in [0.717, 1.165) is 61.5 Å². The number of aromatic nitrogens is 6. The molecule has 0 saturated carbocycles. The first-order valence-electron chi connectivity index (χ1n) is 30.6. The van der Waals surface area contributed by atoms with Gasteiger partial charge in [0, 0.05) is 92.7 Å². The molecule has 0 radical (unpaired) electrons. The van der Waals surface area contributed by atoms with Crippen molar-refractivity contribution in [2.75, 3.05) is 0 Å². The van der Waals surface area contributed by atoms with Gasteiger partial charge in [-0.25, -0.2) is 9.97 Å². The van der Waals surface area contributed by atoms with Crippen molar-refractivity contribution in [2.45, 2.75) is 0 Å². The van der Waals surface area contributed by atoms with E-state index >= 15 is 0 Å². The van der Waals surface area contributed by atoms with Crippen LogP contribution in [-0.2, 0) is 0 Å². The molecule has 0 bridgehead atoms. The zero-order chi connectivity index (χ0) is 58.9. The largest absolute Gasteiger partial charge is 0.309 e. The smallest absolute Gasteiger partial charge is 0.160 e. The van der Waals surface area contributed by atoms with E-state index in [0.29, 0.717) is 11.4 Å². The van der Waals surface area contributed by atoms with Crippen LogP contribution in [0.15, 0.2) is 285 Å². The maximum absolute atomic E-state index is 9.81. The molecule has 0 N–H and O–H groups in total. The fourth-order valence-corrected chi connectivity index (χ4v) is 15.3. The maximum Gasteiger partial charge on any atom is 0.160 e. The van der Waals surface area contributed by atoms with E-state index in [2.05, 4.69) is 285 Å². The predicted molar refractivity (Wildman–Crippen MR) is 372 cm³/mol. The lowest BCUT2D eigenvalue weighted by molar-refractivity contribution is 1.15. The number of benzene rings is 13. The molecule has 0 aliphatic rings. The standard InChI is InChI=1S/C83H47N7/c84-48-49-29-31-50(32-30-49)71-47-72(55-13-9-15-57(41-55)87-73-25-5-3-19-61(73)67-43-51(33-37-77(67)87)53-35-39-79-69(45-53)65-23-11-21-63-59-17-1-7-27-75(59)89(79)81(63)65)86-83(85-71)56-14-10-16-58(42-56)88-74-26-6-4-20-62(74)68-44-52(34-38-78(68)88)54-36-40-80-70(46-54)66-24-12-22-64-60-18-2-8-28-76(60)90(80)82(64)66/h1-47H. The predicted octanol–water partition coefficient (Wildman–Crippen LogP) is 21.2. The van der Waals surface area contributed by atoms with Crippen molar-refractivity contribution >= 4 is 120 Å². The quantitative estimate of drug-likeness (QED) is 0.160. The molecule has 7 aromatic heterocycles. The zero-order valence-corrected chi connectivity index (χ0v) is 48.3. The van der Waals surface area contributed by atoms with Gasteiger partial charge in [0.1, 0.15) is 0 Å². The van der Waals surface area contributed by atoms with Gasteiger partial charge >= 0.3 is 0 Å². The van der Waals surface area contributed by atoms with E-state index in [1.807, 2.05) is 24.3 Å². The van der Waals surface area contributed by atoms with E-state index in [9.17, 15) is 5.26 Å². The summed E-state index contributed by atoms with van der Waals surface area (Å²) in [6.45, 7) is 0. The van der Waals surface area contributed by atoms with Crippen molar-refractivity contribution < 1.29 is 0 Å². The van der Waals surface area contributed by atoms with Gasteiger partial charge in [0.05, 0.1) is 78.2 Å². The third kappa shape index (κ3) is 6.87. The van der Waals surface area contributed by atoms with Gasteiger partial charge < -0.3 is 17.9 Å². The van der Waals surface area contributed by atoms with Crippen LogP contribution < -0.4 is 0 Å². The summed E-state index contributed by atoms with van der Waals surface area (Å²) in [5.41, 5.74) is 23.6. The van der Waals surface area contributed by atoms with Crippen LogP contribution >= 0.6 is 0 Å². The molecule has 0 fully saturated rings. The highest BCUT2D eigenvalue weighted by molar-refractivity contribution is 6.25. The minimum Gasteiger partial charge on any atom is -0.309 e. The Morgan fingerprint density at radius 1 is 0.244 bits per heavy atom. The molecule has 0 aliphatic heterocycles. The van der Waals surface area contributed by atoms with E-state index in [1.54, 1.807) is 0 Å². The van der Waals surface area contributed by atoms with Gasteiger partial charge in [0.2, 0.25) is 0 Å². The van der Waals surface area contributed by atoms with E-state index in [-0.39, 0.29) is 0 Å². The monoisotopic (exact) mass is 1140 g/mol. The molecule has 0 aliphatic carbocycles. The summed E-state index contributed by atoms with van der Waals surface area (Å²) in [6, 6.07) is 105. The summed E-state index contributed by atoms with van der Waals surface area (Å²) in [6.07, 6.45) is 0. The van der Waals surface area contributed by atoms with Crippen LogP contribution in [0.25, 0.3) is 187 Å². The summed E-state index contributed by atoms with van der Waals surface area (Å²) in [5.74, 6) is 0.601. The summed E-state index contributed by atoms with van der Waals surface area (Å²) >= 11 is 0. The molecule has 20 rings (SSSR count). The van der Waals surface area contributed by atoms with E-state index < -0.39 is 0 Å². The van der Waals surface area contributed by atoms with Crippen LogP contribution in [0.5, 0.6) is 0 Å². The average molecular weight is 1140 g/mol. The normalized spacial score (nSPS) is 12.2. The first-order valence-corrected chi connectivity index (χ1v) is 30.6. The van der Waals surface area contributed by atoms with Crippen molar-refractivity contribution in [3.05, 3.63) is 291 Å². The lowest BCUT2D eigenvalue weighted by Gasteiger charge is -2.13. The fraction of sp³-hybridized carbons (Fsp3) is 0. The van der Waals surface area contributed by atoms with Crippen molar-refractivity contribution in [3.63, 3.8) is 0 Å². The number of rotatable bonds is 7. The number of fused-ring (bicyclic) bond motifs is 18. The van der Waals surface area contributed by atoms with Crippen molar-refractivity contribution in [2.24, 2.45) is 0 Å². The molecule has 7 heterocycles. The SMILES string of the molecule is N#Cc1ccc(-c2cc(-c3cccc(-n4c5ccccc5c5cc(-c6ccc7c(c6)c6cccc8c9ccccc9n7c86)ccc54)c3)nc(-c3cccc(-n4c5ccccc5c5cc(-c6ccc7c(c6)c6cccc8c9ccccc9n7c86)ccc54)c3)n2)cc1. The van der Waals surface area contributed by atoms with Crippen molar-refractivity contribution in [1.29, 1.82) is 5.26 Å². The summed E-state index contributed by atoms with van der Waals surface area (Å²) < 4.78 is 9.63. The molecule has 7 heteroatoms. The van der Waals surface area contributed by atoms with E-state index in [1.165, 1.54) is 120 Å². The molecule has 0 unspecified atom stereocenters. The van der Waals surface area contributed by atoms with Gasteiger partial charge in [0.25, 0.3) is 0 Å². The molecule has 0 amide bonds. The Hall–Kier alpha value is -12.4. The minimum atomic E-state index is 0.592. The molecule has 7 nitrogen and oxygen atoms in total. The Morgan fingerprint density at radius 3 is 1.06 bits per heavy atom. The second kappa shape index (κ2) is 18.3. The topological polar surface area (TPSA) is 68.2 Å². The second-order valence-corrected chi connectivity index (χ2v) is 24.0. The Balaban J connectivity index is 0.690. The van der Waals surface area contributed by atoms with Crippen molar-refractivity contribution in [1.82, 2.24) is 27.9 Å². The Kier molecular flexibility index (Phi) is 9.94. The molecule has 20 aromatic rings. The van der Waals surface area contributed by atoms with Gasteiger partial charge in [-0.15, -0.1) is 0 Å². The van der Waals surface area contributed by atoms with Crippen LogP contribution in [0.1, 0.15) is 5.56 Å². The summed E-state index contributed by atoms with van der Waals surface area (Å²) in [7, 11) is 0. The third-order valence-electron chi connectivity index (χ3n) is 19.3. The third-order valence-corrected chi connectivity index (χ3v) is 19.3. The number of hydrogen-bond acceptors (Lipinski definition) is 3. The molecule has 0 atom stereocenters. The van der Waals surface area contributed by atoms with Crippen LogP contribution in [-0.4, -0.2) is 27.9 Å². The first-order chi connectivity index (χ1) is 44.6. The van der Waals surface area contributed by atoms with Gasteiger partial charge in [-0.2, -0.15) is 5.26 Å². The highest BCUT2D eigenvalue weighted by atomic mass is 15.0. The molecular formula is C83H47N7. The number of hydrogen-bond donors (Lipinski definition) is 0. The van der Waals surface area contributed by atoms with Crippen molar-refractivity contribution in [3.8, 4) is 73.6 Å². The lowest BCUT2D eigenvalue weighted by Crippen LogP contribution is -1.99. The molecule has 0 spiro atoms. The Morgan fingerprint density at radius 2 is 0.578 bits per heavy atom. The lowest BCUT2D eigenvalue weighted by atomic mass is 10.00. The van der Waals surface area contributed by atoms with Gasteiger partial charge in [-0.1, -0.05) is 170 Å². The highest BCUT2D eigenvalue weighted by Gasteiger charge is 2.23. The van der Waals surface area contributed by atoms with Crippen LogP contribution in [0, 0.1) is 11.3 Å². The van der Waals surface area contributed by atoms with Crippen LogP contribution in [0.4, 0.5) is 0 Å². The van der Waals surface area contributed by atoms with Crippen LogP contribution in [0.2, 0.25) is 0 Å². The maximum atomic E-state index is 9.81. The fourth-order valence-electron chi connectivity index (χ4n) is 15.3. The molecule has 414 valence electrons. The van der Waals surface area contributed by atoms with E-state index in [4.69, 9.17) is 9.97 Å². The summed E-state index contributed by atoms with van der Waals surface area (Å²) in [5, 5.41) is 24.8. The number of nitriles is 1. The zero-order valence-electron chi connectivity index (χ0n) is 48.3. The average Bonchev–Trinajstić information content (AvgIpc) is 1.57. The highest BCUT2D eigenvalue weighted by Crippen LogP contribution is 2.45. The van der Waals surface area contributed by atoms with Gasteiger partial charge in [-0.05, 0) is 138 Å². The molecule has 13 aromatic carbocycles. The Labute approximate surface area is 514 Å². The minimum absolute atomic E-state index is 0.592. The molecule has 0 saturated heterocycles. The Bertz CT molecular complexity index is 6120. The van der Waals surface area contributed by atoms with Gasteiger partial charge in [0.15, 0.2) is 5.82 Å². The summed E-state index contributed by atoms with van der Waals surface area (Å²) in [4.78, 5) is 10.8. The number of nitrogens with zero attached hydrogens (tertiary/aromatic N) is 7. The first kappa shape index (κ1) is 48.8. The molecular weight excluding hydrogens is 1090 g/mol. The number of para-hydroxylation sites is 6. The van der Waals surface area contributed by atoms with Crippen LogP contribution in [0.3, 0.4) is 0 Å². The van der Waals surface area contributed by atoms with Gasteiger partial charge in [-0.3, -0.25) is 0 Å². The molecule has 90 heavy (non-hydrogen) atoms. The second-order valence-electron chi connectivity index (χ2n) is 24.0.